The number of benzene rings is 1. The summed E-state index contributed by atoms with van der Waals surface area (Å²) in [6, 6.07) is 6.77. The molecule has 128 valence electrons. The number of pyridine rings is 1. The maximum atomic E-state index is 13.4. The average Bonchev–Trinajstić information content (AvgIpc) is 3.32. The molecule has 2 amide bonds. The van der Waals surface area contributed by atoms with Crippen LogP contribution in [-0.4, -0.2) is 11.0 Å². The molecule has 4 rings (SSSR count). The van der Waals surface area contributed by atoms with Gasteiger partial charge in [0.1, 0.15) is 23.5 Å². The lowest BCUT2D eigenvalue weighted by Crippen LogP contribution is -2.19. The zero-order chi connectivity index (χ0) is 18.1. The third-order valence-electron chi connectivity index (χ3n) is 4.63. The van der Waals surface area contributed by atoms with E-state index in [0.29, 0.717) is 34.3 Å². The molecule has 1 aromatic heterocycles. The van der Waals surface area contributed by atoms with Gasteiger partial charge < -0.3 is 5.73 Å². The summed E-state index contributed by atoms with van der Waals surface area (Å²) in [4.78, 5) is 14.1. The van der Waals surface area contributed by atoms with Crippen LogP contribution in [0.3, 0.4) is 0 Å². The monoisotopic (exact) mass is 342 g/mol. The van der Waals surface area contributed by atoms with Crippen LogP contribution in [0.2, 0.25) is 0 Å². The number of aromatic nitrogens is 1. The summed E-state index contributed by atoms with van der Waals surface area (Å²) in [5, 5.41) is 10.7. The molecule has 7 heteroatoms. The van der Waals surface area contributed by atoms with Crippen molar-refractivity contribution in [3.05, 3.63) is 58.8 Å². The normalized spacial score (nSPS) is 21.9. The Bertz CT molecular complexity index is 840. The summed E-state index contributed by atoms with van der Waals surface area (Å²) in [7, 11) is 0. The topological polar surface area (TPSA) is 91.8 Å². The van der Waals surface area contributed by atoms with Crippen LogP contribution in [0.5, 0.6) is 0 Å². The van der Waals surface area contributed by atoms with E-state index >= 15 is 0 Å². The van der Waals surface area contributed by atoms with Gasteiger partial charge in [-0.3, -0.25) is 5.32 Å². The largest absolute Gasteiger partial charge is 0.351 e. The summed E-state index contributed by atoms with van der Waals surface area (Å²) in [5.74, 6) is 0.948. The van der Waals surface area contributed by atoms with Crippen LogP contribution in [0.15, 0.2) is 30.5 Å². The highest BCUT2D eigenvalue weighted by Crippen LogP contribution is 2.63. The second-order valence-corrected chi connectivity index (χ2v) is 6.18. The first kappa shape index (κ1) is 16.8. The molecular weight excluding hydrogens is 326 g/mol. The minimum absolute atomic E-state index is 0.215. The molecule has 25 heavy (non-hydrogen) atoms. The van der Waals surface area contributed by atoms with E-state index in [1.807, 2.05) is 13.0 Å². The quantitative estimate of drug-likeness (QED) is 0.829. The molecule has 0 saturated heterocycles. The fourth-order valence-corrected chi connectivity index (χ4v) is 3.40. The molecular formula is C18H16F2N4O. The van der Waals surface area contributed by atoms with Crippen LogP contribution >= 0.6 is 0 Å². The lowest BCUT2D eigenvalue weighted by molar-refractivity contribution is 0.259. The van der Waals surface area contributed by atoms with Crippen molar-refractivity contribution < 1.29 is 13.6 Å². The van der Waals surface area contributed by atoms with Gasteiger partial charge in [0.2, 0.25) is 0 Å². The maximum Gasteiger partial charge on any atom is 0.317 e. The predicted octanol–water partition coefficient (Wildman–Crippen LogP) is 3.63. The smallest absolute Gasteiger partial charge is 0.317 e. The summed E-state index contributed by atoms with van der Waals surface area (Å²) in [5.41, 5.74) is 6.58. The highest BCUT2D eigenvalue weighted by molar-refractivity contribution is 5.86. The van der Waals surface area contributed by atoms with Crippen LogP contribution in [0.4, 0.5) is 19.4 Å². The molecule has 3 N–H and O–H groups in total. The molecule has 1 heterocycles. The van der Waals surface area contributed by atoms with Crippen LogP contribution in [0, 0.1) is 28.9 Å². The van der Waals surface area contributed by atoms with E-state index < -0.39 is 6.03 Å². The van der Waals surface area contributed by atoms with Crippen molar-refractivity contribution in [2.75, 3.05) is 5.32 Å². The second-order valence-electron chi connectivity index (χ2n) is 6.18. The number of carbonyl (C=O) groups excluding carboxylic acids is 1. The summed E-state index contributed by atoms with van der Waals surface area (Å²) < 4.78 is 26.7. The molecule has 0 bridgehead atoms. The number of nitrogens with zero attached hydrogens (tertiary/aromatic N) is 2. The van der Waals surface area contributed by atoms with Gasteiger partial charge in [0.15, 0.2) is 0 Å². The lowest BCUT2D eigenvalue weighted by Gasteiger charge is -2.10. The first-order chi connectivity index (χ1) is 11.9. The van der Waals surface area contributed by atoms with Crippen molar-refractivity contribution in [2.24, 2.45) is 11.7 Å². The standard InChI is InChI=1S/C11H10F2.C7H6N4O/c1-5-6-4-7(6)11-9(13)3-2-8(12)10(5)11;8-3-5-1-2-6(10-4-5)11-7(9)12/h2-3,5-7H,4H2,1H3;1-2,4H,(H3,9,10,11,12)/t5-,6?,7+;/m0./s1. The number of amides is 2. The van der Waals surface area contributed by atoms with Gasteiger partial charge in [-0.25, -0.2) is 18.6 Å². The highest BCUT2D eigenvalue weighted by Gasteiger charge is 2.52. The number of primary amides is 1. The Morgan fingerprint density at radius 1 is 1.28 bits per heavy atom. The maximum absolute atomic E-state index is 13.4. The SMILES string of the molecule is C[C@@H]1c2c(F)ccc(F)c2[C@@H]2CC12.N#Cc1ccc(NC(N)=O)nc1. The Morgan fingerprint density at radius 3 is 2.48 bits per heavy atom. The second kappa shape index (κ2) is 6.48. The van der Waals surface area contributed by atoms with Crippen LogP contribution in [0.25, 0.3) is 0 Å². The van der Waals surface area contributed by atoms with Crippen molar-refractivity contribution in [1.82, 2.24) is 4.98 Å². The van der Waals surface area contributed by atoms with E-state index in [0.717, 1.165) is 6.42 Å². The summed E-state index contributed by atoms with van der Waals surface area (Å²) >= 11 is 0. The number of fused-ring (bicyclic) bond motifs is 3. The van der Waals surface area contributed by atoms with Gasteiger partial charge in [-0.1, -0.05) is 6.92 Å². The number of nitrogens with two attached hydrogens (primary N) is 1. The highest BCUT2D eigenvalue weighted by atomic mass is 19.1. The fourth-order valence-electron chi connectivity index (χ4n) is 3.40. The third-order valence-corrected chi connectivity index (χ3v) is 4.63. The number of nitriles is 1. The van der Waals surface area contributed by atoms with Crippen LogP contribution in [0.1, 0.15) is 41.9 Å². The minimum atomic E-state index is -0.674. The van der Waals surface area contributed by atoms with E-state index in [1.165, 1.54) is 30.5 Å². The molecule has 5 nitrogen and oxygen atoms in total. The average molecular weight is 342 g/mol. The third kappa shape index (κ3) is 3.29. The summed E-state index contributed by atoms with van der Waals surface area (Å²) in [6.07, 6.45) is 2.40. The number of carbonyl (C=O) groups is 1. The molecule has 0 radical (unpaired) electrons. The molecule has 0 aliphatic heterocycles. The molecule has 1 unspecified atom stereocenters. The van der Waals surface area contributed by atoms with Crippen LogP contribution < -0.4 is 11.1 Å². The fraction of sp³-hybridized carbons (Fsp3) is 0.278. The molecule has 1 fully saturated rings. The van der Waals surface area contributed by atoms with Gasteiger partial charge in [0.25, 0.3) is 0 Å². The minimum Gasteiger partial charge on any atom is -0.351 e. The van der Waals surface area contributed by atoms with E-state index in [9.17, 15) is 13.6 Å². The number of hydrogen-bond acceptors (Lipinski definition) is 3. The van der Waals surface area contributed by atoms with E-state index in [4.69, 9.17) is 11.0 Å². The predicted molar refractivity (Wildman–Crippen MR) is 87.8 cm³/mol. The Kier molecular flexibility index (Phi) is 4.36. The molecule has 2 aromatic rings. The molecule has 3 atom stereocenters. The van der Waals surface area contributed by atoms with Gasteiger partial charge in [-0.15, -0.1) is 0 Å². The van der Waals surface area contributed by atoms with Gasteiger partial charge >= 0.3 is 6.03 Å². The Labute approximate surface area is 143 Å². The first-order valence-electron chi connectivity index (χ1n) is 7.82. The van der Waals surface area contributed by atoms with E-state index in [1.54, 1.807) is 0 Å². The Hall–Kier alpha value is -3.01. The van der Waals surface area contributed by atoms with Gasteiger partial charge in [-0.2, -0.15) is 5.26 Å². The van der Waals surface area contributed by atoms with Crippen molar-refractivity contribution in [3.63, 3.8) is 0 Å². The zero-order valence-corrected chi connectivity index (χ0v) is 13.5. The first-order valence-corrected chi connectivity index (χ1v) is 7.82. The van der Waals surface area contributed by atoms with Crippen molar-refractivity contribution in [3.8, 4) is 6.07 Å². The summed E-state index contributed by atoms with van der Waals surface area (Å²) in [6.45, 7) is 2.00. The molecule has 1 aromatic carbocycles. The molecule has 0 spiro atoms. The number of rotatable bonds is 1. The lowest BCUT2D eigenvalue weighted by atomic mass is 9.97. The molecule has 1 saturated carbocycles. The van der Waals surface area contributed by atoms with Crippen molar-refractivity contribution >= 4 is 11.8 Å². The number of halogens is 2. The Morgan fingerprint density at radius 2 is 1.96 bits per heavy atom. The number of urea groups is 1. The molecule has 2 aliphatic rings. The van der Waals surface area contributed by atoms with E-state index in [2.05, 4.69) is 10.3 Å². The molecule has 2 aliphatic carbocycles. The van der Waals surface area contributed by atoms with Gasteiger partial charge in [0, 0.05) is 6.20 Å². The number of anilines is 1. The number of hydrogen-bond donors (Lipinski definition) is 2. The zero-order valence-electron chi connectivity index (χ0n) is 13.5. The van der Waals surface area contributed by atoms with Gasteiger partial charge in [-0.05, 0) is 59.6 Å². The van der Waals surface area contributed by atoms with Crippen molar-refractivity contribution in [1.29, 1.82) is 5.26 Å². The van der Waals surface area contributed by atoms with Crippen LogP contribution in [-0.2, 0) is 0 Å². The van der Waals surface area contributed by atoms with Gasteiger partial charge in [0.05, 0.1) is 5.56 Å². The van der Waals surface area contributed by atoms with E-state index in [-0.39, 0.29) is 17.6 Å². The number of nitrogens with one attached hydrogen (secondary N) is 1. The van der Waals surface area contributed by atoms with Crippen molar-refractivity contribution in [2.45, 2.75) is 25.2 Å². The Balaban J connectivity index is 0.000000147.